The number of hydrogen-bond acceptors (Lipinski definition) is 2. The molecular weight excluding hydrogens is 300 g/mol. The lowest BCUT2D eigenvalue weighted by Gasteiger charge is -2.46. The molecule has 0 radical (unpaired) electrons. The molecule has 2 aliphatic heterocycles. The highest BCUT2D eigenvalue weighted by molar-refractivity contribution is 5.99. The Morgan fingerprint density at radius 2 is 1.88 bits per heavy atom. The molecule has 2 heterocycles. The van der Waals surface area contributed by atoms with Gasteiger partial charge in [-0.3, -0.25) is 9.59 Å². The molecule has 0 spiro atoms. The summed E-state index contributed by atoms with van der Waals surface area (Å²) in [4.78, 5) is 26.8. The maximum absolute atomic E-state index is 13.1. The minimum atomic E-state index is 0.0356. The third kappa shape index (κ3) is 2.62. The predicted octanol–water partition coefficient (Wildman–Crippen LogP) is 3.43. The van der Waals surface area contributed by atoms with Crippen molar-refractivity contribution in [3.8, 4) is 0 Å². The van der Waals surface area contributed by atoms with Gasteiger partial charge in [-0.05, 0) is 43.2 Å². The van der Waals surface area contributed by atoms with Crippen molar-refractivity contribution in [1.29, 1.82) is 0 Å². The molecule has 3 unspecified atom stereocenters. The van der Waals surface area contributed by atoms with Crippen LogP contribution in [-0.4, -0.2) is 28.8 Å². The molecule has 3 aliphatic rings. The van der Waals surface area contributed by atoms with E-state index in [-0.39, 0.29) is 29.9 Å². The molecule has 0 aromatic heterocycles. The van der Waals surface area contributed by atoms with Gasteiger partial charge in [0.05, 0.1) is 6.04 Å². The lowest BCUT2D eigenvalue weighted by molar-refractivity contribution is -0.120. The molecule has 24 heavy (non-hydrogen) atoms. The van der Waals surface area contributed by atoms with Gasteiger partial charge in [-0.25, -0.2) is 0 Å². The Morgan fingerprint density at radius 3 is 2.62 bits per heavy atom. The SMILES string of the molecule is CC(=O)NC1CC2c3ccccc3C(=O)N2C(C2CCCCC2)C1. The van der Waals surface area contributed by atoms with E-state index in [2.05, 4.69) is 16.3 Å². The fourth-order valence-corrected chi connectivity index (χ4v) is 5.15. The molecule has 1 saturated carbocycles. The summed E-state index contributed by atoms with van der Waals surface area (Å²) in [6.07, 6.45) is 8.02. The van der Waals surface area contributed by atoms with Crippen LogP contribution in [0.25, 0.3) is 0 Å². The van der Waals surface area contributed by atoms with Gasteiger partial charge in [-0.1, -0.05) is 37.5 Å². The van der Waals surface area contributed by atoms with Crippen LogP contribution in [0.1, 0.15) is 73.8 Å². The molecule has 0 bridgehead atoms. The van der Waals surface area contributed by atoms with E-state index in [0.717, 1.165) is 24.0 Å². The topological polar surface area (TPSA) is 49.4 Å². The quantitative estimate of drug-likeness (QED) is 0.905. The number of rotatable bonds is 2. The Balaban J connectivity index is 1.67. The van der Waals surface area contributed by atoms with Crippen LogP contribution in [0.15, 0.2) is 24.3 Å². The van der Waals surface area contributed by atoms with Crippen molar-refractivity contribution in [2.75, 3.05) is 0 Å². The highest BCUT2D eigenvalue weighted by Gasteiger charge is 2.47. The number of piperidine rings is 1. The van der Waals surface area contributed by atoms with Gasteiger partial charge in [-0.2, -0.15) is 0 Å². The van der Waals surface area contributed by atoms with Crippen molar-refractivity contribution in [1.82, 2.24) is 10.2 Å². The van der Waals surface area contributed by atoms with E-state index < -0.39 is 0 Å². The lowest BCUT2D eigenvalue weighted by atomic mass is 9.77. The molecule has 4 rings (SSSR count). The smallest absolute Gasteiger partial charge is 0.254 e. The highest BCUT2D eigenvalue weighted by Crippen LogP contribution is 2.46. The van der Waals surface area contributed by atoms with E-state index in [1.165, 1.54) is 32.1 Å². The molecule has 2 fully saturated rings. The van der Waals surface area contributed by atoms with E-state index in [0.29, 0.717) is 5.92 Å². The first-order valence-electron chi connectivity index (χ1n) is 9.34. The van der Waals surface area contributed by atoms with Crippen LogP contribution in [0.3, 0.4) is 0 Å². The molecular formula is C20H26N2O2. The number of carbonyl (C=O) groups excluding carboxylic acids is 2. The first-order valence-corrected chi connectivity index (χ1v) is 9.34. The second kappa shape index (κ2) is 6.23. The number of amides is 2. The van der Waals surface area contributed by atoms with E-state index in [9.17, 15) is 9.59 Å². The molecule has 3 atom stereocenters. The summed E-state index contributed by atoms with van der Waals surface area (Å²) in [7, 11) is 0. The van der Waals surface area contributed by atoms with Crippen molar-refractivity contribution in [2.24, 2.45) is 5.92 Å². The van der Waals surface area contributed by atoms with Crippen LogP contribution < -0.4 is 5.32 Å². The largest absolute Gasteiger partial charge is 0.353 e. The van der Waals surface area contributed by atoms with Crippen LogP contribution in [0.4, 0.5) is 0 Å². The molecule has 1 aromatic carbocycles. The zero-order valence-electron chi connectivity index (χ0n) is 14.3. The van der Waals surface area contributed by atoms with Crippen molar-refractivity contribution >= 4 is 11.8 Å². The summed E-state index contributed by atoms with van der Waals surface area (Å²) in [6, 6.07) is 8.60. The average molecular weight is 326 g/mol. The Kier molecular flexibility index (Phi) is 4.07. The van der Waals surface area contributed by atoms with Gasteiger partial charge >= 0.3 is 0 Å². The summed E-state index contributed by atoms with van der Waals surface area (Å²) in [6.45, 7) is 1.59. The summed E-state index contributed by atoms with van der Waals surface area (Å²) < 4.78 is 0. The molecule has 1 saturated heterocycles. The lowest BCUT2D eigenvalue weighted by Crippen LogP contribution is -2.53. The normalized spacial score (nSPS) is 30.0. The Labute approximate surface area is 143 Å². The number of fused-ring (bicyclic) bond motifs is 3. The Bertz CT molecular complexity index is 651. The zero-order valence-corrected chi connectivity index (χ0v) is 14.3. The summed E-state index contributed by atoms with van der Waals surface area (Å²) >= 11 is 0. The van der Waals surface area contributed by atoms with Crippen LogP contribution >= 0.6 is 0 Å². The Hall–Kier alpha value is -1.84. The van der Waals surface area contributed by atoms with Gasteiger partial charge in [0.25, 0.3) is 5.91 Å². The zero-order chi connectivity index (χ0) is 16.7. The molecule has 1 aromatic rings. The van der Waals surface area contributed by atoms with Crippen LogP contribution in [0.2, 0.25) is 0 Å². The molecule has 128 valence electrons. The fourth-order valence-electron chi connectivity index (χ4n) is 5.15. The van der Waals surface area contributed by atoms with Crippen LogP contribution in [-0.2, 0) is 4.79 Å². The number of benzene rings is 1. The average Bonchev–Trinajstić information content (AvgIpc) is 2.88. The molecule has 4 heteroatoms. The molecule has 1 N–H and O–H groups in total. The van der Waals surface area contributed by atoms with E-state index in [1.54, 1.807) is 6.92 Å². The molecule has 2 amide bonds. The summed E-state index contributed by atoms with van der Waals surface area (Å²) in [5.74, 6) is 0.817. The third-order valence-corrected chi connectivity index (χ3v) is 6.11. The molecule has 1 aliphatic carbocycles. The van der Waals surface area contributed by atoms with E-state index >= 15 is 0 Å². The van der Waals surface area contributed by atoms with E-state index in [1.807, 2.05) is 18.2 Å². The highest BCUT2D eigenvalue weighted by atomic mass is 16.2. The van der Waals surface area contributed by atoms with Gasteiger partial charge in [0, 0.05) is 24.6 Å². The fraction of sp³-hybridized carbons (Fsp3) is 0.600. The van der Waals surface area contributed by atoms with Gasteiger partial charge in [0.15, 0.2) is 0 Å². The summed E-state index contributed by atoms with van der Waals surface area (Å²) in [5.41, 5.74) is 2.02. The van der Waals surface area contributed by atoms with Gasteiger partial charge in [0.1, 0.15) is 0 Å². The van der Waals surface area contributed by atoms with E-state index in [4.69, 9.17) is 0 Å². The van der Waals surface area contributed by atoms with Crippen molar-refractivity contribution in [2.45, 2.75) is 70.0 Å². The second-order valence-electron chi connectivity index (χ2n) is 7.65. The first-order chi connectivity index (χ1) is 11.6. The van der Waals surface area contributed by atoms with Crippen molar-refractivity contribution < 1.29 is 9.59 Å². The maximum Gasteiger partial charge on any atom is 0.254 e. The second-order valence-corrected chi connectivity index (χ2v) is 7.65. The minimum Gasteiger partial charge on any atom is -0.353 e. The molecule has 4 nitrogen and oxygen atoms in total. The Morgan fingerprint density at radius 1 is 1.12 bits per heavy atom. The van der Waals surface area contributed by atoms with Crippen LogP contribution in [0.5, 0.6) is 0 Å². The number of nitrogens with zero attached hydrogens (tertiary/aromatic N) is 1. The number of carbonyl (C=O) groups is 2. The van der Waals surface area contributed by atoms with Crippen LogP contribution in [0, 0.1) is 5.92 Å². The predicted molar refractivity (Wildman–Crippen MR) is 92.6 cm³/mol. The standard InChI is InChI=1S/C20H26N2O2/c1-13(23)21-15-11-18(14-7-3-2-4-8-14)22-19(12-15)16-9-5-6-10-17(16)20(22)24/h5-6,9-10,14-15,18-19H,2-4,7-8,11-12H2,1H3,(H,21,23). The maximum atomic E-state index is 13.1. The van der Waals surface area contributed by atoms with Gasteiger partial charge in [-0.15, -0.1) is 0 Å². The van der Waals surface area contributed by atoms with Gasteiger partial charge < -0.3 is 10.2 Å². The summed E-state index contributed by atoms with van der Waals surface area (Å²) in [5, 5.41) is 3.13. The number of nitrogens with one attached hydrogen (secondary N) is 1. The minimum absolute atomic E-state index is 0.0356. The van der Waals surface area contributed by atoms with Crippen molar-refractivity contribution in [3.63, 3.8) is 0 Å². The number of hydrogen-bond donors (Lipinski definition) is 1. The monoisotopic (exact) mass is 326 g/mol. The third-order valence-electron chi connectivity index (χ3n) is 6.11. The van der Waals surface area contributed by atoms with Gasteiger partial charge in [0.2, 0.25) is 5.91 Å². The first kappa shape index (κ1) is 15.7. The van der Waals surface area contributed by atoms with Crippen molar-refractivity contribution in [3.05, 3.63) is 35.4 Å².